The maximum absolute atomic E-state index is 12.4. The molecule has 1 aromatic carbocycles. The molecular formula is C15H20N2O. The van der Waals surface area contributed by atoms with E-state index in [0.717, 1.165) is 31.6 Å². The molecule has 2 fully saturated rings. The van der Waals surface area contributed by atoms with E-state index in [-0.39, 0.29) is 0 Å². The van der Waals surface area contributed by atoms with E-state index in [2.05, 4.69) is 10.2 Å². The first kappa shape index (κ1) is 11.7. The minimum absolute atomic E-state index is 0.291. The zero-order valence-electron chi connectivity index (χ0n) is 10.6. The third-order valence-electron chi connectivity index (χ3n) is 4.20. The number of amides is 1. The van der Waals surface area contributed by atoms with E-state index in [1.165, 1.54) is 6.42 Å². The highest BCUT2D eigenvalue weighted by atomic mass is 16.2. The second-order valence-corrected chi connectivity index (χ2v) is 5.38. The molecule has 3 heteroatoms. The zero-order valence-corrected chi connectivity index (χ0v) is 10.6. The molecule has 0 aromatic heterocycles. The molecule has 0 bridgehead atoms. The van der Waals surface area contributed by atoms with Crippen molar-refractivity contribution in [2.75, 3.05) is 19.6 Å². The maximum Gasteiger partial charge on any atom is 0.227 e. The van der Waals surface area contributed by atoms with Gasteiger partial charge < -0.3 is 10.2 Å². The second-order valence-electron chi connectivity index (χ2n) is 5.38. The maximum atomic E-state index is 12.4. The fourth-order valence-electron chi connectivity index (χ4n) is 3.25. The van der Waals surface area contributed by atoms with Crippen LogP contribution in [0.2, 0.25) is 0 Å². The first-order chi connectivity index (χ1) is 8.84. The van der Waals surface area contributed by atoms with Crippen LogP contribution in [-0.2, 0) is 11.2 Å². The lowest BCUT2D eigenvalue weighted by molar-refractivity contribution is -0.134. The molecule has 96 valence electrons. The van der Waals surface area contributed by atoms with Gasteiger partial charge in [-0.2, -0.15) is 0 Å². The number of likely N-dealkylation sites (tertiary alicyclic amines) is 1. The minimum Gasteiger partial charge on any atom is -0.338 e. The van der Waals surface area contributed by atoms with Crippen LogP contribution in [0.5, 0.6) is 0 Å². The van der Waals surface area contributed by atoms with Crippen LogP contribution in [-0.4, -0.2) is 36.5 Å². The molecule has 18 heavy (non-hydrogen) atoms. The smallest absolute Gasteiger partial charge is 0.227 e. The Balaban J connectivity index is 1.68. The first-order valence-corrected chi connectivity index (χ1v) is 6.89. The van der Waals surface area contributed by atoms with Gasteiger partial charge in [0.25, 0.3) is 0 Å². The highest BCUT2D eigenvalue weighted by Crippen LogP contribution is 2.26. The van der Waals surface area contributed by atoms with E-state index in [1.807, 2.05) is 30.3 Å². The number of carbonyl (C=O) groups is 1. The quantitative estimate of drug-likeness (QED) is 0.854. The normalized spacial score (nSPS) is 27.0. The Morgan fingerprint density at radius 1 is 1.28 bits per heavy atom. The van der Waals surface area contributed by atoms with Crippen molar-refractivity contribution >= 4 is 5.91 Å². The minimum atomic E-state index is 0.291. The van der Waals surface area contributed by atoms with Gasteiger partial charge in [-0.05, 0) is 24.3 Å². The Morgan fingerprint density at radius 2 is 2.11 bits per heavy atom. The number of piperidine rings is 1. The van der Waals surface area contributed by atoms with Crippen molar-refractivity contribution in [2.45, 2.75) is 25.3 Å². The van der Waals surface area contributed by atoms with Gasteiger partial charge in [0.1, 0.15) is 0 Å². The van der Waals surface area contributed by atoms with Crippen LogP contribution in [0.15, 0.2) is 30.3 Å². The largest absolute Gasteiger partial charge is 0.338 e. The topological polar surface area (TPSA) is 32.3 Å². The van der Waals surface area contributed by atoms with Crippen molar-refractivity contribution < 1.29 is 4.79 Å². The van der Waals surface area contributed by atoms with Crippen LogP contribution in [0.25, 0.3) is 0 Å². The van der Waals surface area contributed by atoms with Gasteiger partial charge in [-0.25, -0.2) is 0 Å². The van der Waals surface area contributed by atoms with Crippen LogP contribution in [0.4, 0.5) is 0 Å². The Kier molecular flexibility index (Phi) is 3.33. The molecule has 1 aromatic rings. The summed E-state index contributed by atoms with van der Waals surface area (Å²) in [5.41, 5.74) is 1.12. The van der Waals surface area contributed by atoms with E-state index in [4.69, 9.17) is 0 Å². The predicted molar refractivity (Wildman–Crippen MR) is 71.2 cm³/mol. The summed E-state index contributed by atoms with van der Waals surface area (Å²) in [7, 11) is 0. The van der Waals surface area contributed by atoms with Gasteiger partial charge in [-0.3, -0.25) is 4.79 Å². The Labute approximate surface area is 108 Å². The Bertz CT molecular complexity index is 418. The highest BCUT2D eigenvalue weighted by Gasteiger charge is 2.36. The molecular weight excluding hydrogens is 224 g/mol. The van der Waals surface area contributed by atoms with Gasteiger partial charge in [0.15, 0.2) is 0 Å². The van der Waals surface area contributed by atoms with Crippen molar-refractivity contribution in [3.63, 3.8) is 0 Å². The number of nitrogens with zero attached hydrogens (tertiary/aromatic N) is 1. The average Bonchev–Trinajstić information content (AvgIpc) is 2.87. The van der Waals surface area contributed by atoms with E-state index in [9.17, 15) is 4.79 Å². The second kappa shape index (κ2) is 5.11. The molecule has 2 saturated heterocycles. The molecule has 1 amide bonds. The standard InChI is InChI=1S/C15H20N2O/c18-15(9-12-5-2-1-3-6-12)17-8-4-7-13-10-16-11-14(13)17/h1-3,5-6,13-14,16H,4,7-11H2. The summed E-state index contributed by atoms with van der Waals surface area (Å²) < 4.78 is 0. The first-order valence-electron chi connectivity index (χ1n) is 6.89. The number of nitrogens with one attached hydrogen (secondary N) is 1. The summed E-state index contributed by atoms with van der Waals surface area (Å²) in [5, 5.41) is 3.42. The van der Waals surface area contributed by atoms with Gasteiger partial charge in [-0.15, -0.1) is 0 Å². The van der Waals surface area contributed by atoms with Crippen LogP contribution in [0.3, 0.4) is 0 Å². The van der Waals surface area contributed by atoms with E-state index in [0.29, 0.717) is 24.3 Å². The summed E-state index contributed by atoms with van der Waals surface area (Å²) in [5.74, 6) is 0.970. The van der Waals surface area contributed by atoms with E-state index in [1.54, 1.807) is 0 Å². The van der Waals surface area contributed by atoms with Crippen LogP contribution >= 0.6 is 0 Å². The number of benzene rings is 1. The van der Waals surface area contributed by atoms with Gasteiger partial charge in [0, 0.05) is 25.7 Å². The third kappa shape index (κ3) is 2.27. The van der Waals surface area contributed by atoms with Gasteiger partial charge in [0.2, 0.25) is 5.91 Å². The zero-order chi connectivity index (χ0) is 12.4. The fraction of sp³-hybridized carbons (Fsp3) is 0.533. The number of fused-ring (bicyclic) bond motifs is 1. The van der Waals surface area contributed by atoms with E-state index < -0.39 is 0 Å². The van der Waals surface area contributed by atoms with Gasteiger partial charge in [-0.1, -0.05) is 30.3 Å². The third-order valence-corrected chi connectivity index (χ3v) is 4.20. The summed E-state index contributed by atoms with van der Waals surface area (Å²) >= 11 is 0. The lowest BCUT2D eigenvalue weighted by atomic mass is 9.91. The SMILES string of the molecule is O=C(Cc1ccccc1)N1CCCC2CNCC21. The number of hydrogen-bond acceptors (Lipinski definition) is 2. The molecule has 0 saturated carbocycles. The molecule has 0 radical (unpaired) electrons. The number of hydrogen-bond donors (Lipinski definition) is 1. The monoisotopic (exact) mass is 244 g/mol. The van der Waals surface area contributed by atoms with E-state index >= 15 is 0 Å². The highest BCUT2D eigenvalue weighted by molar-refractivity contribution is 5.79. The molecule has 2 aliphatic rings. The van der Waals surface area contributed by atoms with Gasteiger partial charge in [0.05, 0.1) is 6.42 Å². The summed E-state index contributed by atoms with van der Waals surface area (Å²) in [6, 6.07) is 10.5. The van der Waals surface area contributed by atoms with Crippen LogP contribution in [0, 0.1) is 5.92 Å². The van der Waals surface area contributed by atoms with Crippen LogP contribution in [0.1, 0.15) is 18.4 Å². The van der Waals surface area contributed by atoms with Crippen LogP contribution < -0.4 is 5.32 Å². The molecule has 0 spiro atoms. The lowest BCUT2D eigenvalue weighted by Crippen LogP contribution is -2.48. The molecule has 2 unspecified atom stereocenters. The average molecular weight is 244 g/mol. The summed E-state index contributed by atoms with van der Waals surface area (Å²) in [6.07, 6.45) is 2.97. The lowest BCUT2D eigenvalue weighted by Gasteiger charge is -2.37. The van der Waals surface area contributed by atoms with Crippen molar-refractivity contribution in [3.05, 3.63) is 35.9 Å². The predicted octanol–water partition coefficient (Wildman–Crippen LogP) is 1.44. The number of carbonyl (C=O) groups excluding carboxylic acids is 1. The summed E-state index contributed by atoms with van der Waals surface area (Å²) in [4.78, 5) is 14.5. The molecule has 2 aliphatic heterocycles. The molecule has 3 rings (SSSR count). The molecule has 2 heterocycles. The molecule has 0 aliphatic carbocycles. The molecule has 3 nitrogen and oxygen atoms in total. The summed E-state index contributed by atoms with van der Waals surface area (Å²) in [6.45, 7) is 3.00. The van der Waals surface area contributed by atoms with Crippen molar-refractivity contribution in [2.24, 2.45) is 5.92 Å². The van der Waals surface area contributed by atoms with Crippen molar-refractivity contribution in [1.29, 1.82) is 0 Å². The van der Waals surface area contributed by atoms with Crippen molar-refractivity contribution in [3.8, 4) is 0 Å². The Hall–Kier alpha value is -1.35. The Morgan fingerprint density at radius 3 is 2.94 bits per heavy atom. The fourth-order valence-corrected chi connectivity index (χ4v) is 3.25. The molecule has 1 N–H and O–H groups in total. The molecule has 2 atom stereocenters. The van der Waals surface area contributed by atoms with Crippen molar-refractivity contribution in [1.82, 2.24) is 10.2 Å². The van der Waals surface area contributed by atoms with Gasteiger partial charge >= 0.3 is 0 Å². The number of rotatable bonds is 2.